The first-order valence-corrected chi connectivity index (χ1v) is 8.57. The summed E-state index contributed by atoms with van der Waals surface area (Å²) in [5.41, 5.74) is 1.02. The first kappa shape index (κ1) is 14.2. The highest BCUT2D eigenvalue weighted by Gasteiger charge is 2.47. The lowest BCUT2D eigenvalue weighted by molar-refractivity contribution is -0.137. The summed E-state index contributed by atoms with van der Waals surface area (Å²) in [6.07, 6.45) is 5.01. The quantitative estimate of drug-likeness (QED) is 0.879. The zero-order chi connectivity index (χ0) is 15.3. The van der Waals surface area contributed by atoms with Gasteiger partial charge in [0.15, 0.2) is 0 Å². The Kier molecular flexibility index (Phi) is 3.46. The Bertz CT molecular complexity index is 714. The van der Waals surface area contributed by atoms with Crippen molar-refractivity contribution in [1.29, 1.82) is 0 Å². The predicted molar refractivity (Wildman–Crippen MR) is 87.4 cm³/mol. The molecule has 2 aromatic heterocycles. The van der Waals surface area contributed by atoms with Crippen molar-refractivity contribution < 1.29 is 4.79 Å². The maximum absolute atomic E-state index is 12.6. The van der Waals surface area contributed by atoms with E-state index in [0.29, 0.717) is 11.8 Å². The van der Waals surface area contributed by atoms with Gasteiger partial charge in [-0.2, -0.15) is 0 Å². The topological polar surface area (TPSA) is 58.4 Å². The van der Waals surface area contributed by atoms with E-state index in [4.69, 9.17) is 0 Å². The molecular formula is C16H19BrN4O. The molecule has 1 amide bonds. The fraction of sp³-hybridized carbons (Fsp3) is 0.500. The zero-order valence-electron chi connectivity index (χ0n) is 12.4. The predicted octanol–water partition coefficient (Wildman–Crippen LogP) is 2.13. The Balaban J connectivity index is 1.53. The summed E-state index contributed by atoms with van der Waals surface area (Å²) in [6, 6.07) is 3.87. The number of fused-ring (bicyclic) bond motifs is 3. The molecule has 6 heteroatoms. The van der Waals surface area contributed by atoms with Gasteiger partial charge >= 0.3 is 0 Å². The summed E-state index contributed by atoms with van der Waals surface area (Å²) < 4.78 is 3.03. The minimum absolute atomic E-state index is 0.0985. The van der Waals surface area contributed by atoms with Crippen LogP contribution in [0.5, 0.6) is 0 Å². The Morgan fingerprint density at radius 2 is 2.27 bits per heavy atom. The normalized spacial score (nSPS) is 28.2. The number of amides is 1. The van der Waals surface area contributed by atoms with Gasteiger partial charge in [0.2, 0.25) is 5.91 Å². The molecule has 2 aromatic rings. The minimum Gasteiger partial charge on any atom is -0.346 e. The number of hydrogen-bond acceptors (Lipinski definition) is 3. The number of aromatic nitrogens is 2. The molecule has 22 heavy (non-hydrogen) atoms. The summed E-state index contributed by atoms with van der Waals surface area (Å²) in [5.74, 6) is 2.25. The van der Waals surface area contributed by atoms with Crippen molar-refractivity contribution in [2.75, 3.05) is 13.1 Å². The van der Waals surface area contributed by atoms with E-state index in [1.807, 2.05) is 35.9 Å². The first-order chi connectivity index (χ1) is 10.6. The lowest BCUT2D eigenvalue weighted by Gasteiger charge is -2.48. The van der Waals surface area contributed by atoms with Crippen LogP contribution >= 0.6 is 15.9 Å². The van der Waals surface area contributed by atoms with Gasteiger partial charge in [-0.15, -0.1) is 0 Å². The number of carbonyl (C=O) groups excluding carboxylic acids is 1. The van der Waals surface area contributed by atoms with Crippen molar-refractivity contribution >= 4 is 27.4 Å². The van der Waals surface area contributed by atoms with Crippen LogP contribution in [0.1, 0.15) is 25.2 Å². The Morgan fingerprint density at radius 3 is 3.00 bits per heavy atom. The van der Waals surface area contributed by atoms with Crippen molar-refractivity contribution in [3.8, 4) is 0 Å². The van der Waals surface area contributed by atoms with E-state index >= 15 is 0 Å². The maximum Gasteiger partial charge on any atom is 0.224 e. The van der Waals surface area contributed by atoms with Gasteiger partial charge < -0.3 is 15.0 Å². The largest absolute Gasteiger partial charge is 0.346 e. The molecule has 3 heterocycles. The van der Waals surface area contributed by atoms with Crippen LogP contribution in [0.25, 0.3) is 5.52 Å². The minimum atomic E-state index is -0.0985. The number of hydrogen-bond donors (Lipinski definition) is 2. The van der Waals surface area contributed by atoms with Gasteiger partial charge in [0, 0.05) is 16.6 Å². The standard InChI is InChI=1S/C16H19BrN4O/c1-9(15-19-8-13-12(17)3-2-4-21(13)15)20-16(22)14-10-5-11(14)7-18-6-10/h2-4,8-11,14,18H,5-7H2,1H3,(H,20,22)/t9-,10?,11?,14?/m0/s1. The third-order valence-electron chi connectivity index (χ3n) is 5.03. The van der Waals surface area contributed by atoms with Gasteiger partial charge in [-0.05, 0) is 66.3 Å². The van der Waals surface area contributed by atoms with Crippen molar-refractivity contribution in [3.05, 3.63) is 34.8 Å². The average molecular weight is 363 g/mol. The molecule has 1 saturated carbocycles. The van der Waals surface area contributed by atoms with Crippen LogP contribution < -0.4 is 10.6 Å². The molecular weight excluding hydrogens is 344 g/mol. The highest BCUT2D eigenvalue weighted by atomic mass is 79.9. The molecule has 5 nitrogen and oxygen atoms in total. The van der Waals surface area contributed by atoms with E-state index in [0.717, 1.165) is 28.9 Å². The van der Waals surface area contributed by atoms with Crippen LogP contribution in [0.2, 0.25) is 0 Å². The van der Waals surface area contributed by atoms with Crippen molar-refractivity contribution in [1.82, 2.24) is 20.0 Å². The molecule has 3 atom stereocenters. The first-order valence-electron chi connectivity index (χ1n) is 7.77. The van der Waals surface area contributed by atoms with Crippen LogP contribution in [-0.2, 0) is 4.79 Å². The number of nitrogens with zero attached hydrogens (tertiary/aromatic N) is 2. The number of carbonyl (C=O) groups is 1. The second kappa shape index (κ2) is 5.35. The van der Waals surface area contributed by atoms with Gasteiger partial charge in [0.05, 0.1) is 17.8 Å². The number of imidazole rings is 1. The second-order valence-electron chi connectivity index (χ2n) is 6.40. The van der Waals surface area contributed by atoms with Gasteiger partial charge in [0.25, 0.3) is 0 Å². The average Bonchev–Trinajstić information content (AvgIpc) is 2.93. The lowest BCUT2D eigenvalue weighted by Crippen LogP contribution is -2.58. The molecule has 1 aliphatic heterocycles. The molecule has 116 valence electrons. The molecule has 2 N–H and O–H groups in total. The molecule has 2 bridgehead atoms. The summed E-state index contributed by atoms with van der Waals surface area (Å²) in [5, 5.41) is 6.54. The van der Waals surface area contributed by atoms with Gasteiger partial charge in [-0.3, -0.25) is 4.79 Å². The summed E-state index contributed by atoms with van der Waals surface area (Å²) >= 11 is 3.53. The SMILES string of the molecule is C[C@H](NC(=O)C1C2CNCC1C2)c1ncc2c(Br)cccn12. The second-order valence-corrected chi connectivity index (χ2v) is 7.25. The number of halogens is 1. The van der Waals surface area contributed by atoms with E-state index in [1.165, 1.54) is 6.42 Å². The molecule has 0 spiro atoms. The zero-order valence-corrected chi connectivity index (χ0v) is 14.0. The maximum atomic E-state index is 12.6. The highest BCUT2D eigenvalue weighted by molar-refractivity contribution is 9.10. The van der Waals surface area contributed by atoms with Crippen LogP contribution in [0.15, 0.2) is 29.0 Å². The molecule has 1 saturated heterocycles. The van der Waals surface area contributed by atoms with Crippen molar-refractivity contribution in [2.45, 2.75) is 19.4 Å². The third-order valence-corrected chi connectivity index (χ3v) is 5.70. The van der Waals surface area contributed by atoms with E-state index in [9.17, 15) is 4.79 Å². The van der Waals surface area contributed by atoms with E-state index in [1.54, 1.807) is 0 Å². The summed E-state index contributed by atoms with van der Waals surface area (Å²) in [6.45, 7) is 3.95. The molecule has 0 aromatic carbocycles. The smallest absolute Gasteiger partial charge is 0.224 e. The van der Waals surface area contributed by atoms with E-state index in [2.05, 4.69) is 31.5 Å². The Labute approximate surface area is 137 Å². The molecule has 2 unspecified atom stereocenters. The fourth-order valence-corrected chi connectivity index (χ4v) is 4.32. The van der Waals surface area contributed by atoms with Crippen LogP contribution in [0.3, 0.4) is 0 Å². The molecule has 4 rings (SSSR count). The monoisotopic (exact) mass is 362 g/mol. The fourth-order valence-electron chi connectivity index (χ4n) is 3.88. The van der Waals surface area contributed by atoms with Crippen LogP contribution in [0, 0.1) is 17.8 Å². The van der Waals surface area contributed by atoms with Gasteiger partial charge in [-0.1, -0.05) is 0 Å². The van der Waals surface area contributed by atoms with Crippen molar-refractivity contribution in [3.63, 3.8) is 0 Å². The molecule has 2 aliphatic rings. The number of piperidine rings is 2. The molecule has 0 radical (unpaired) electrons. The lowest BCUT2D eigenvalue weighted by atomic mass is 9.62. The number of rotatable bonds is 3. The highest BCUT2D eigenvalue weighted by Crippen LogP contribution is 2.42. The van der Waals surface area contributed by atoms with E-state index in [-0.39, 0.29) is 17.9 Å². The Hall–Kier alpha value is -1.40. The Morgan fingerprint density at radius 1 is 1.50 bits per heavy atom. The molecule has 1 aliphatic carbocycles. The van der Waals surface area contributed by atoms with Crippen molar-refractivity contribution in [2.24, 2.45) is 17.8 Å². The summed E-state index contributed by atoms with van der Waals surface area (Å²) in [4.78, 5) is 17.1. The summed E-state index contributed by atoms with van der Waals surface area (Å²) in [7, 11) is 0. The van der Waals surface area contributed by atoms with Gasteiger partial charge in [0.1, 0.15) is 5.82 Å². The third kappa shape index (κ3) is 2.16. The number of pyridine rings is 1. The van der Waals surface area contributed by atoms with Crippen LogP contribution in [-0.4, -0.2) is 28.4 Å². The molecule has 2 fully saturated rings. The van der Waals surface area contributed by atoms with Crippen LogP contribution in [0.4, 0.5) is 0 Å². The number of nitrogens with one attached hydrogen (secondary N) is 2. The van der Waals surface area contributed by atoms with Gasteiger partial charge in [-0.25, -0.2) is 4.98 Å². The van der Waals surface area contributed by atoms with E-state index < -0.39 is 0 Å².